The van der Waals surface area contributed by atoms with Gasteiger partial charge in [0.2, 0.25) is 5.91 Å². The van der Waals surface area contributed by atoms with E-state index in [1.165, 1.54) is 28.0 Å². The maximum atomic E-state index is 13.5. The molecule has 0 spiro atoms. The van der Waals surface area contributed by atoms with Gasteiger partial charge in [0.15, 0.2) is 3.95 Å². The molecule has 0 aliphatic carbocycles. The van der Waals surface area contributed by atoms with Gasteiger partial charge < -0.3 is 4.90 Å². The SMILES string of the molecule is CCN(CC)C(=O)Cn1c(=O)c2ccccc2n2c(=S)sc(-c3ccc(F)cc3)c12. The average molecular weight is 442 g/mol. The zero-order valence-corrected chi connectivity index (χ0v) is 18.2. The van der Waals surface area contributed by atoms with E-state index in [9.17, 15) is 14.0 Å². The number of likely N-dealkylation sites (N-methyl/N-ethyl adjacent to an activating group) is 1. The fraction of sp³-hybridized carbons (Fsp3) is 0.227. The highest BCUT2D eigenvalue weighted by Gasteiger charge is 2.21. The van der Waals surface area contributed by atoms with Crippen LogP contribution in [0.1, 0.15) is 13.8 Å². The smallest absolute Gasteiger partial charge is 0.262 e. The van der Waals surface area contributed by atoms with Crippen molar-refractivity contribution in [3.05, 3.63) is 68.7 Å². The van der Waals surface area contributed by atoms with E-state index in [0.717, 1.165) is 10.4 Å². The molecule has 0 saturated carbocycles. The first-order valence-corrected chi connectivity index (χ1v) is 10.9. The lowest BCUT2D eigenvalue weighted by molar-refractivity contribution is -0.131. The average Bonchev–Trinajstić information content (AvgIpc) is 3.09. The van der Waals surface area contributed by atoms with Crippen molar-refractivity contribution in [3.63, 3.8) is 0 Å². The third-order valence-corrected chi connectivity index (χ3v) is 6.59. The molecule has 0 atom stereocenters. The van der Waals surface area contributed by atoms with Gasteiger partial charge in [0, 0.05) is 13.1 Å². The van der Waals surface area contributed by atoms with E-state index < -0.39 is 0 Å². The Bertz CT molecular complexity index is 1370. The molecule has 4 rings (SSSR count). The van der Waals surface area contributed by atoms with Gasteiger partial charge in [-0.2, -0.15) is 0 Å². The van der Waals surface area contributed by atoms with Crippen molar-refractivity contribution in [2.45, 2.75) is 20.4 Å². The maximum absolute atomic E-state index is 13.5. The van der Waals surface area contributed by atoms with E-state index in [1.807, 2.05) is 30.4 Å². The third-order valence-electron chi connectivity index (χ3n) is 5.18. The van der Waals surface area contributed by atoms with Crippen molar-refractivity contribution in [2.24, 2.45) is 0 Å². The number of carbonyl (C=O) groups excluding carboxylic acids is 1. The fourth-order valence-corrected chi connectivity index (χ4v) is 5.09. The number of nitrogens with zero attached hydrogens (tertiary/aromatic N) is 3. The van der Waals surface area contributed by atoms with Crippen molar-refractivity contribution < 1.29 is 9.18 Å². The highest BCUT2D eigenvalue weighted by molar-refractivity contribution is 7.73. The quantitative estimate of drug-likeness (QED) is 0.421. The summed E-state index contributed by atoms with van der Waals surface area (Å²) in [6, 6.07) is 13.3. The molecule has 2 aromatic carbocycles. The van der Waals surface area contributed by atoms with Crippen LogP contribution in [0.2, 0.25) is 0 Å². The summed E-state index contributed by atoms with van der Waals surface area (Å²) in [5.41, 5.74) is 1.75. The van der Waals surface area contributed by atoms with Gasteiger partial charge in [0.25, 0.3) is 5.56 Å². The van der Waals surface area contributed by atoms with Crippen molar-refractivity contribution in [1.29, 1.82) is 0 Å². The minimum Gasteiger partial charge on any atom is -0.342 e. The molecule has 30 heavy (non-hydrogen) atoms. The Morgan fingerprint density at radius 1 is 1.10 bits per heavy atom. The third kappa shape index (κ3) is 3.36. The molecular weight excluding hydrogens is 421 g/mol. The number of hydrogen-bond donors (Lipinski definition) is 0. The van der Waals surface area contributed by atoms with Crippen molar-refractivity contribution >= 4 is 46.0 Å². The number of amides is 1. The number of fused-ring (bicyclic) bond motifs is 3. The molecule has 154 valence electrons. The van der Waals surface area contributed by atoms with Crippen LogP contribution in [0.4, 0.5) is 4.39 Å². The maximum Gasteiger partial charge on any atom is 0.262 e. The topological polar surface area (TPSA) is 46.7 Å². The lowest BCUT2D eigenvalue weighted by Gasteiger charge is -2.20. The van der Waals surface area contributed by atoms with E-state index in [4.69, 9.17) is 12.2 Å². The molecule has 0 fully saturated rings. The van der Waals surface area contributed by atoms with Crippen LogP contribution in [0.3, 0.4) is 0 Å². The second-order valence-corrected chi connectivity index (χ2v) is 8.48. The predicted molar refractivity (Wildman–Crippen MR) is 121 cm³/mol. The number of carbonyl (C=O) groups is 1. The normalized spacial score (nSPS) is 11.3. The van der Waals surface area contributed by atoms with Crippen molar-refractivity contribution in [1.82, 2.24) is 13.9 Å². The number of benzene rings is 2. The Balaban J connectivity index is 2.08. The van der Waals surface area contributed by atoms with Gasteiger partial charge in [0.05, 0.1) is 15.8 Å². The zero-order chi connectivity index (χ0) is 21.4. The summed E-state index contributed by atoms with van der Waals surface area (Å²) in [4.78, 5) is 28.7. The van der Waals surface area contributed by atoms with Crippen LogP contribution in [-0.4, -0.2) is 32.9 Å². The Morgan fingerprint density at radius 3 is 2.43 bits per heavy atom. The fourth-order valence-electron chi connectivity index (χ4n) is 3.66. The molecule has 0 bridgehead atoms. The highest BCUT2D eigenvalue weighted by Crippen LogP contribution is 2.33. The number of aromatic nitrogens is 2. The standard InChI is InChI=1S/C22H20FN3O2S2/c1-3-24(4-2)18(27)13-25-20-19(14-9-11-15(23)12-10-14)30-22(29)26(20)17-8-6-5-7-16(17)21(25)28/h5-12H,3-4,13H2,1-2H3. The van der Waals surface area contributed by atoms with Gasteiger partial charge in [-0.1, -0.05) is 24.3 Å². The second kappa shape index (κ2) is 8.12. The lowest BCUT2D eigenvalue weighted by atomic mass is 10.2. The summed E-state index contributed by atoms with van der Waals surface area (Å²) < 4.78 is 17.4. The minimum atomic E-state index is -0.342. The molecule has 8 heteroatoms. The lowest BCUT2D eigenvalue weighted by Crippen LogP contribution is -2.37. The highest BCUT2D eigenvalue weighted by atomic mass is 32.1. The number of halogens is 1. The van der Waals surface area contributed by atoms with Crippen LogP contribution in [-0.2, 0) is 11.3 Å². The van der Waals surface area contributed by atoms with Crippen LogP contribution in [0.5, 0.6) is 0 Å². The molecule has 0 aliphatic heterocycles. The molecule has 5 nitrogen and oxygen atoms in total. The largest absolute Gasteiger partial charge is 0.342 e. The van der Waals surface area contributed by atoms with E-state index in [-0.39, 0.29) is 23.8 Å². The summed E-state index contributed by atoms with van der Waals surface area (Å²) in [6.07, 6.45) is 0. The van der Waals surface area contributed by atoms with Gasteiger partial charge >= 0.3 is 0 Å². The molecule has 0 saturated heterocycles. The van der Waals surface area contributed by atoms with Crippen LogP contribution >= 0.6 is 23.6 Å². The predicted octanol–water partition coefficient (Wildman–Crippen LogP) is 4.72. The summed E-state index contributed by atoms with van der Waals surface area (Å²) in [5, 5.41) is 0.497. The number of para-hydroxylation sites is 1. The number of thiazole rings is 1. The molecule has 2 heterocycles. The summed E-state index contributed by atoms with van der Waals surface area (Å²) >= 11 is 6.98. The summed E-state index contributed by atoms with van der Waals surface area (Å²) in [5.74, 6) is -0.480. The minimum absolute atomic E-state index is 0.0887. The molecule has 0 N–H and O–H groups in total. The molecule has 4 aromatic rings. The first-order chi connectivity index (χ1) is 14.5. The van der Waals surface area contributed by atoms with Crippen molar-refractivity contribution in [3.8, 4) is 10.4 Å². The Hall–Kier alpha value is -2.84. The van der Waals surface area contributed by atoms with Gasteiger partial charge in [-0.05, 0) is 55.9 Å². The first kappa shape index (κ1) is 20.4. The van der Waals surface area contributed by atoms with Crippen molar-refractivity contribution in [2.75, 3.05) is 13.1 Å². The van der Waals surface area contributed by atoms with E-state index in [2.05, 4.69) is 0 Å². The first-order valence-electron chi connectivity index (χ1n) is 9.67. The monoisotopic (exact) mass is 441 g/mol. The van der Waals surface area contributed by atoms with Gasteiger partial charge in [0.1, 0.15) is 18.0 Å². The molecule has 2 aromatic heterocycles. The molecule has 0 unspecified atom stereocenters. The van der Waals surface area contributed by atoms with E-state index in [1.54, 1.807) is 29.2 Å². The number of hydrogen-bond acceptors (Lipinski definition) is 4. The second-order valence-electron chi connectivity index (χ2n) is 6.84. The molecule has 0 radical (unpaired) electrons. The van der Waals surface area contributed by atoms with Crippen LogP contribution in [0.15, 0.2) is 53.3 Å². The van der Waals surface area contributed by atoms with Crippen LogP contribution in [0, 0.1) is 9.77 Å². The van der Waals surface area contributed by atoms with Crippen LogP contribution in [0.25, 0.3) is 27.0 Å². The van der Waals surface area contributed by atoms with Gasteiger partial charge in [-0.3, -0.25) is 18.6 Å². The van der Waals surface area contributed by atoms with E-state index in [0.29, 0.717) is 33.6 Å². The zero-order valence-electron chi connectivity index (χ0n) is 16.6. The Labute approximate surface area is 181 Å². The molecule has 0 aliphatic rings. The molecule has 1 amide bonds. The van der Waals surface area contributed by atoms with Gasteiger partial charge in [-0.15, -0.1) is 11.3 Å². The summed E-state index contributed by atoms with van der Waals surface area (Å²) in [7, 11) is 0. The van der Waals surface area contributed by atoms with Gasteiger partial charge in [-0.25, -0.2) is 4.39 Å². The van der Waals surface area contributed by atoms with E-state index >= 15 is 0 Å². The molecular formula is C22H20FN3O2S2. The van der Waals surface area contributed by atoms with Crippen LogP contribution < -0.4 is 5.56 Å². The summed E-state index contributed by atoms with van der Waals surface area (Å²) in [6.45, 7) is 4.85. The Kier molecular flexibility index (Phi) is 5.53. The Morgan fingerprint density at radius 2 is 1.77 bits per heavy atom. The number of rotatable bonds is 5.